The third kappa shape index (κ3) is 5.51. The van der Waals surface area contributed by atoms with Crippen molar-refractivity contribution >= 4 is 28.7 Å². The molecule has 0 radical (unpaired) electrons. The van der Waals surface area contributed by atoms with Gasteiger partial charge in [0.1, 0.15) is 11.5 Å². The lowest BCUT2D eigenvalue weighted by Crippen LogP contribution is -2.36. The Morgan fingerprint density at radius 2 is 1.92 bits per heavy atom. The molecular weight excluding hydrogens is 338 g/mol. The molecule has 138 valence electrons. The average molecular weight is 365 g/mol. The van der Waals surface area contributed by atoms with Gasteiger partial charge in [0.05, 0.1) is 37.8 Å². The van der Waals surface area contributed by atoms with Crippen LogP contribution in [0.5, 0.6) is 11.5 Å². The number of rotatable bonds is 8. The SMILES string of the molecule is C=CCNC(=S)Nc1cc(OCC)c(N2CCOCC2)cc1OCC. The maximum absolute atomic E-state index is 5.87. The number of morpholine rings is 1. The zero-order valence-corrected chi connectivity index (χ0v) is 15.8. The lowest BCUT2D eigenvalue weighted by atomic mass is 10.2. The van der Waals surface area contributed by atoms with Crippen molar-refractivity contribution in [2.75, 3.05) is 56.3 Å². The van der Waals surface area contributed by atoms with E-state index in [0.29, 0.717) is 38.1 Å². The van der Waals surface area contributed by atoms with Gasteiger partial charge in [0.15, 0.2) is 5.11 Å². The van der Waals surface area contributed by atoms with Gasteiger partial charge in [-0.05, 0) is 26.1 Å². The van der Waals surface area contributed by atoms with E-state index in [2.05, 4.69) is 22.1 Å². The highest BCUT2D eigenvalue weighted by Crippen LogP contribution is 2.39. The van der Waals surface area contributed by atoms with Gasteiger partial charge in [-0.3, -0.25) is 0 Å². The molecule has 1 aromatic carbocycles. The monoisotopic (exact) mass is 365 g/mol. The van der Waals surface area contributed by atoms with Crippen molar-refractivity contribution in [3.05, 3.63) is 24.8 Å². The Morgan fingerprint density at radius 1 is 1.24 bits per heavy atom. The quantitative estimate of drug-likeness (QED) is 0.543. The number of nitrogens with zero attached hydrogens (tertiary/aromatic N) is 1. The molecule has 0 unspecified atom stereocenters. The molecule has 0 aromatic heterocycles. The van der Waals surface area contributed by atoms with Gasteiger partial charge < -0.3 is 29.7 Å². The van der Waals surface area contributed by atoms with Crippen LogP contribution in [-0.4, -0.2) is 51.2 Å². The van der Waals surface area contributed by atoms with E-state index in [-0.39, 0.29) is 0 Å². The highest BCUT2D eigenvalue weighted by atomic mass is 32.1. The number of benzene rings is 1. The van der Waals surface area contributed by atoms with E-state index in [0.717, 1.165) is 36.0 Å². The van der Waals surface area contributed by atoms with Crippen molar-refractivity contribution in [3.8, 4) is 11.5 Å². The minimum absolute atomic E-state index is 0.516. The molecule has 0 spiro atoms. The average Bonchev–Trinajstić information content (AvgIpc) is 2.63. The molecule has 0 bridgehead atoms. The van der Waals surface area contributed by atoms with E-state index in [4.69, 9.17) is 26.4 Å². The zero-order valence-electron chi connectivity index (χ0n) is 15.0. The van der Waals surface area contributed by atoms with Crippen molar-refractivity contribution in [1.82, 2.24) is 5.32 Å². The van der Waals surface area contributed by atoms with Crippen molar-refractivity contribution < 1.29 is 14.2 Å². The van der Waals surface area contributed by atoms with Gasteiger partial charge in [-0.2, -0.15) is 0 Å². The molecular formula is C18H27N3O3S. The molecule has 1 aliphatic heterocycles. The molecule has 2 rings (SSSR count). The standard InChI is InChI=1S/C18H27N3O3S/c1-4-7-19-18(25)20-14-12-17(24-6-3)15(13-16(14)23-5-2)21-8-10-22-11-9-21/h4,12-13H,1,5-11H2,2-3H3,(H2,19,20,25). The topological polar surface area (TPSA) is 55.0 Å². The molecule has 0 aliphatic carbocycles. The summed E-state index contributed by atoms with van der Waals surface area (Å²) >= 11 is 5.32. The van der Waals surface area contributed by atoms with Gasteiger partial charge in [0, 0.05) is 31.8 Å². The first-order chi connectivity index (χ1) is 12.2. The number of anilines is 2. The van der Waals surface area contributed by atoms with Crippen LogP contribution in [0.2, 0.25) is 0 Å². The van der Waals surface area contributed by atoms with Crippen LogP contribution < -0.4 is 25.0 Å². The molecule has 2 N–H and O–H groups in total. The number of ether oxygens (including phenoxy) is 3. The second kappa shape index (κ2) is 10.1. The number of thiocarbonyl (C=S) groups is 1. The fraction of sp³-hybridized carbons (Fsp3) is 0.500. The molecule has 1 saturated heterocycles. The maximum atomic E-state index is 5.87. The van der Waals surface area contributed by atoms with Crippen molar-refractivity contribution in [1.29, 1.82) is 0 Å². The molecule has 1 aliphatic rings. The fourth-order valence-electron chi connectivity index (χ4n) is 2.58. The second-order valence-electron chi connectivity index (χ2n) is 5.41. The predicted octanol–water partition coefficient (Wildman–Crippen LogP) is 2.79. The summed E-state index contributed by atoms with van der Waals surface area (Å²) in [5.41, 5.74) is 1.80. The largest absolute Gasteiger partial charge is 0.492 e. The van der Waals surface area contributed by atoms with Crippen LogP contribution in [0.3, 0.4) is 0 Å². The highest BCUT2D eigenvalue weighted by Gasteiger charge is 2.19. The van der Waals surface area contributed by atoms with Crippen LogP contribution in [0, 0.1) is 0 Å². The Labute approximate surface area is 155 Å². The first-order valence-electron chi connectivity index (χ1n) is 8.61. The third-order valence-electron chi connectivity index (χ3n) is 3.67. The van der Waals surface area contributed by atoms with Gasteiger partial charge in [-0.15, -0.1) is 6.58 Å². The molecule has 1 aromatic rings. The predicted molar refractivity (Wildman–Crippen MR) is 106 cm³/mol. The minimum atomic E-state index is 0.516. The summed E-state index contributed by atoms with van der Waals surface area (Å²) < 4.78 is 17.1. The fourth-order valence-corrected chi connectivity index (χ4v) is 2.77. The van der Waals surface area contributed by atoms with Crippen LogP contribution in [-0.2, 0) is 4.74 Å². The molecule has 1 heterocycles. The Hall–Kier alpha value is -1.99. The van der Waals surface area contributed by atoms with Gasteiger partial charge in [-0.25, -0.2) is 0 Å². The smallest absolute Gasteiger partial charge is 0.171 e. The zero-order chi connectivity index (χ0) is 18.1. The summed E-state index contributed by atoms with van der Waals surface area (Å²) in [5.74, 6) is 1.55. The molecule has 7 heteroatoms. The van der Waals surface area contributed by atoms with Crippen LogP contribution in [0.4, 0.5) is 11.4 Å². The first-order valence-corrected chi connectivity index (χ1v) is 9.02. The summed E-state index contributed by atoms with van der Waals surface area (Å²) in [5, 5.41) is 6.76. The highest BCUT2D eigenvalue weighted by molar-refractivity contribution is 7.80. The van der Waals surface area contributed by atoms with Gasteiger partial charge in [0.2, 0.25) is 0 Å². The molecule has 0 saturated carbocycles. The van der Waals surface area contributed by atoms with Gasteiger partial charge in [0.25, 0.3) is 0 Å². The Morgan fingerprint density at radius 3 is 2.56 bits per heavy atom. The van der Waals surface area contributed by atoms with Crippen molar-refractivity contribution in [2.24, 2.45) is 0 Å². The lowest BCUT2D eigenvalue weighted by Gasteiger charge is -2.31. The van der Waals surface area contributed by atoms with E-state index in [9.17, 15) is 0 Å². The van der Waals surface area contributed by atoms with Gasteiger partial charge in [-0.1, -0.05) is 6.08 Å². The molecule has 1 fully saturated rings. The lowest BCUT2D eigenvalue weighted by molar-refractivity contribution is 0.122. The van der Waals surface area contributed by atoms with Crippen LogP contribution in [0.15, 0.2) is 24.8 Å². The van der Waals surface area contributed by atoms with E-state index in [1.807, 2.05) is 26.0 Å². The molecule has 0 amide bonds. The summed E-state index contributed by atoms with van der Waals surface area (Å²) in [6, 6.07) is 3.96. The first kappa shape index (κ1) is 19.3. The molecule has 6 nitrogen and oxygen atoms in total. The van der Waals surface area contributed by atoms with Crippen LogP contribution >= 0.6 is 12.2 Å². The summed E-state index contributed by atoms with van der Waals surface area (Å²) in [6.07, 6.45) is 1.75. The van der Waals surface area contributed by atoms with Crippen LogP contribution in [0.1, 0.15) is 13.8 Å². The van der Waals surface area contributed by atoms with Crippen LogP contribution in [0.25, 0.3) is 0 Å². The van der Waals surface area contributed by atoms with Crippen molar-refractivity contribution in [3.63, 3.8) is 0 Å². The Balaban J connectivity index is 2.32. The maximum Gasteiger partial charge on any atom is 0.171 e. The number of hydrogen-bond donors (Lipinski definition) is 2. The van der Waals surface area contributed by atoms with Crippen molar-refractivity contribution in [2.45, 2.75) is 13.8 Å². The summed E-state index contributed by atoms with van der Waals surface area (Å²) in [7, 11) is 0. The number of hydrogen-bond acceptors (Lipinski definition) is 5. The number of nitrogens with one attached hydrogen (secondary N) is 2. The normalized spacial score (nSPS) is 13.9. The Kier molecular flexibility index (Phi) is 7.81. The van der Waals surface area contributed by atoms with E-state index in [1.165, 1.54) is 0 Å². The summed E-state index contributed by atoms with van der Waals surface area (Å²) in [6.45, 7) is 12.5. The van der Waals surface area contributed by atoms with E-state index >= 15 is 0 Å². The second-order valence-corrected chi connectivity index (χ2v) is 5.81. The van der Waals surface area contributed by atoms with E-state index < -0.39 is 0 Å². The molecule has 25 heavy (non-hydrogen) atoms. The third-order valence-corrected chi connectivity index (χ3v) is 3.91. The molecule has 0 atom stereocenters. The van der Waals surface area contributed by atoms with E-state index in [1.54, 1.807) is 6.08 Å². The summed E-state index contributed by atoms with van der Waals surface area (Å²) in [4.78, 5) is 2.26. The Bertz CT molecular complexity index is 589. The van der Waals surface area contributed by atoms with Gasteiger partial charge >= 0.3 is 0 Å². The minimum Gasteiger partial charge on any atom is -0.492 e.